The highest BCUT2D eigenvalue weighted by molar-refractivity contribution is 5.87. The predicted molar refractivity (Wildman–Crippen MR) is 49.3 cm³/mol. The molecule has 0 N–H and O–H groups in total. The second kappa shape index (κ2) is 5.02. The van der Waals surface area contributed by atoms with Gasteiger partial charge in [-0.3, -0.25) is 0 Å². The molecule has 3 heteroatoms. The normalized spacial score (nSPS) is 22.4. The molecule has 0 aliphatic carbocycles. The van der Waals surface area contributed by atoms with Gasteiger partial charge in [-0.15, -0.1) is 0 Å². The van der Waals surface area contributed by atoms with Crippen LogP contribution in [0.15, 0.2) is 12.2 Å². The molecule has 1 saturated heterocycles. The number of esters is 1. The van der Waals surface area contributed by atoms with Gasteiger partial charge in [0.15, 0.2) is 0 Å². The molecule has 13 heavy (non-hydrogen) atoms. The molecule has 0 aromatic heterocycles. The first-order valence-electron chi connectivity index (χ1n) is 4.58. The molecule has 1 heterocycles. The Kier molecular flexibility index (Phi) is 3.96. The molecule has 0 spiro atoms. The van der Waals surface area contributed by atoms with E-state index >= 15 is 0 Å². The van der Waals surface area contributed by atoms with Crippen molar-refractivity contribution < 1.29 is 14.3 Å². The lowest BCUT2D eigenvalue weighted by Gasteiger charge is -2.21. The van der Waals surface area contributed by atoms with Crippen LogP contribution in [0.4, 0.5) is 0 Å². The van der Waals surface area contributed by atoms with E-state index in [1.807, 2.05) is 0 Å². The van der Waals surface area contributed by atoms with Gasteiger partial charge in [0.25, 0.3) is 0 Å². The van der Waals surface area contributed by atoms with E-state index < -0.39 is 0 Å². The molecule has 0 aromatic carbocycles. The average molecular weight is 184 g/mol. The minimum absolute atomic E-state index is 0.300. The van der Waals surface area contributed by atoms with Crippen LogP contribution in [-0.2, 0) is 14.3 Å². The van der Waals surface area contributed by atoms with E-state index in [0.717, 1.165) is 26.1 Å². The molecule has 0 amide bonds. The van der Waals surface area contributed by atoms with Crippen molar-refractivity contribution in [3.8, 4) is 0 Å². The lowest BCUT2D eigenvalue weighted by atomic mass is 9.95. The van der Waals surface area contributed by atoms with Gasteiger partial charge < -0.3 is 9.47 Å². The number of carbonyl (C=O) groups is 1. The number of rotatable bonds is 3. The number of carbonyl (C=O) groups excluding carboxylic acids is 1. The van der Waals surface area contributed by atoms with Gasteiger partial charge in [-0.25, -0.2) is 4.79 Å². The van der Waals surface area contributed by atoms with Crippen LogP contribution < -0.4 is 0 Å². The van der Waals surface area contributed by atoms with Gasteiger partial charge in [-0.2, -0.15) is 0 Å². The molecule has 1 aliphatic rings. The largest absolute Gasteiger partial charge is 0.466 e. The smallest absolute Gasteiger partial charge is 0.333 e. The van der Waals surface area contributed by atoms with Crippen LogP contribution in [0.1, 0.15) is 19.3 Å². The van der Waals surface area contributed by atoms with Gasteiger partial charge in [0.05, 0.1) is 7.11 Å². The number of hydrogen-bond acceptors (Lipinski definition) is 3. The summed E-state index contributed by atoms with van der Waals surface area (Å²) < 4.78 is 9.88. The maximum Gasteiger partial charge on any atom is 0.333 e. The maximum atomic E-state index is 11.0. The molecule has 0 radical (unpaired) electrons. The summed E-state index contributed by atoms with van der Waals surface area (Å²) in [5.41, 5.74) is 0.554. The quantitative estimate of drug-likeness (QED) is 0.493. The molecule has 1 fully saturated rings. The lowest BCUT2D eigenvalue weighted by molar-refractivity contribution is -0.136. The maximum absolute atomic E-state index is 11.0. The van der Waals surface area contributed by atoms with Crippen molar-refractivity contribution in [2.75, 3.05) is 20.3 Å². The SMILES string of the molecule is C=C(CC1CCCOC1)C(=O)OC. The Labute approximate surface area is 78.7 Å². The summed E-state index contributed by atoms with van der Waals surface area (Å²) in [5.74, 6) is 0.144. The Morgan fingerprint density at radius 1 is 1.69 bits per heavy atom. The third kappa shape index (κ3) is 3.19. The van der Waals surface area contributed by atoms with Gasteiger partial charge >= 0.3 is 5.97 Å². The lowest BCUT2D eigenvalue weighted by Crippen LogP contribution is -2.19. The van der Waals surface area contributed by atoms with Crippen molar-refractivity contribution in [3.05, 3.63) is 12.2 Å². The van der Waals surface area contributed by atoms with E-state index in [2.05, 4.69) is 11.3 Å². The summed E-state index contributed by atoms with van der Waals surface area (Å²) in [6.07, 6.45) is 2.90. The number of hydrogen-bond donors (Lipinski definition) is 0. The molecule has 1 aliphatic heterocycles. The van der Waals surface area contributed by atoms with E-state index in [9.17, 15) is 4.79 Å². The van der Waals surface area contributed by atoms with Gasteiger partial charge in [0.2, 0.25) is 0 Å². The van der Waals surface area contributed by atoms with Crippen LogP contribution in [0.5, 0.6) is 0 Å². The van der Waals surface area contributed by atoms with Crippen LogP contribution in [0.3, 0.4) is 0 Å². The van der Waals surface area contributed by atoms with Crippen LogP contribution in [0, 0.1) is 5.92 Å². The number of methoxy groups -OCH3 is 1. The summed E-state index contributed by atoms with van der Waals surface area (Å²) in [4.78, 5) is 11.0. The summed E-state index contributed by atoms with van der Waals surface area (Å²) in [5, 5.41) is 0. The zero-order valence-electron chi connectivity index (χ0n) is 8.04. The van der Waals surface area contributed by atoms with Crippen LogP contribution in [0.25, 0.3) is 0 Å². The van der Waals surface area contributed by atoms with Crippen molar-refractivity contribution in [1.29, 1.82) is 0 Å². The van der Waals surface area contributed by atoms with Gasteiger partial charge in [-0.1, -0.05) is 6.58 Å². The summed E-state index contributed by atoms with van der Waals surface area (Å²) in [6.45, 7) is 5.28. The fourth-order valence-corrected chi connectivity index (χ4v) is 1.54. The fraction of sp³-hybridized carbons (Fsp3) is 0.700. The Bertz CT molecular complexity index is 192. The minimum Gasteiger partial charge on any atom is -0.466 e. The Morgan fingerprint density at radius 2 is 2.46 bits per heavy atom. The minimum atomic E-state index is -0.300. The van der Waals surface area contributed by atoms with Crippen LogP contribution >= 0.6 is 0 Å². The second-order valence-electron chi connectivity index (χ2n) is 3.38. The van der Waals surface area contributed by atoms with Crippen molar-refractivity contribution in [2.24, 2.45) is 5.92 Å². The topological polar surface area (TPSA) is 35.5 Å². The molecule has 1 rings (SSSR count). The summed E-state index contributed by atoms with van der Waals surface area (Å²) >= 11 is 0. The van der Waals surface area contributed by atoms with Crippen molar-refractivity contribution in [2.45, 2.75) is 19.3 Å². The molecule has 0 aromatic rings. The van der Waals surface area contributed by atoms with Gasteiger partial charge in [0, 0.05) is 18.8 Å². The Morgan fingerprint density at radius 3 is 3.00 bits per heavy atom. The Balaban J connectivity index is 2.30. The predicted octanol–water partition coefficient (Wildman–Crippen LogP) is 1.53. The van der Waals surface area contributed by atoms with Crippen molar-refractivity contribution in [3.63, 3.8) is 0 Å². The van der Waals surface area contributed by atoms with E-state index in [4.69, 9.17) is 4.74 Å². The summed E-state index contributed by atoms with van der Waals surface area (Å²) in [7, 11) is 1.38. The zero-order chi connectivity index (χ0) is 9.68. The molecule has 74 valence electrons. The monoisotopic (exact) mass is 184 g/mol. The van der Waals surface area contributed by atoms with E-state index in [0.29, 0.717) is 17.9 Å². The highest BCUT2D eigenvalue weighted by atomic mass is 16.5. The highest BCUT2D eigenvalue weighted by Gasteiger charge is 2.17. The van der Waals surface area contributed by atoms with Crippen LogP contribution in [-0.4, -0.2) is 26.3 Å². The van der Waals surface area contributed by atoms with Crippen molar-refractivity contribution in [1.82, 2.24) is 0 Å². The first-order valence-corrected chi connectivity index (χ1v) is 4.58. The third-order valence-corrected chi connectivity index (χ3v) is 2.26. The molecular formula is C10H16O3. The van der Waals surface area contributed by atoms with Gasteiger partial charge in [-0.05, 0) is 25.2 Å². The molecule has 0 bridgehead atoms. The highest BCUT2D eigenvalue weighted by Crippen LogP contribution is 2.20. The standard InChI is InChI=1S/C10H16O3/c1-8(10(11)12-2)6-9-4-3-5-13-7-9/h9H,1,3-7H2,2H3. The molecule has 0 saturated carbocycles. The molecule has 1 atom stereocenters. The van der Waals surface area contributed by atoms with Crippen LogP contribution in [0.2, 0.25) is 0 Å². The zero-order valence-corrected chi connectivity index (χ0v) is 8.04. The first kappa shape index (κ1) is 10.3. The average Bonchev–Trinajstić information content (AvgIpc) is 2.18. The number of ether oxygens (including phenoxy) is 2. The van der Waals surface area contributed by atoms with Crippen molar-refractivity contribution >= 4 is 5.97 Å². The first-order chi connectivity index (χ1) is 6.24. The molecule has 1 unspecified atom stereocenters. The molecule has 3 nitrogen and oxygen atoms in total. The third-order valence-electron chi connectivity index (χ3n) is 2.26. The summed E-state index contributed by atoms with van der Waals surface area (Å²) in [6, 6.07) is 0. The van der Waals surface area contributed by atoms with Gasteiger partial charge in [0.1, 0.15) is 0 Å². The van der Waals surface area contributed by atoms with E-state index in [-0.39, 0.29) is 5.97 Å². The fourth-order valence-electron chi connectivity index (χ4n) is 1.54. The van der Waals surface area contributed by atoms with E-state index in [1.165, 1.54) is 7.11 Å². The Hall–Kier alpha value is -0.830. The van der Waals surface area contributed by atoms with E-state index in [1.54, 1.807) is 0 Å². The molecular weight excluding hydrogens is 168 g/mol. The second-order valence-corrected chi connectivity index (χ2v) is 3.38.